The Morgan fingerprint density at radius 3 is 2.45 bits per heavy atom. The first-order chi connectivity index (χ1) is 14.2. The zero-order valence-electron chi connectivity index (χ0n) is 16.6. The van der Waals surface area contributed by atoms with Gasteiger partial charge in [0.15, 0.2) is 11.9 Å². The number of carbonyl (C=O) groups is 1. The summed E-state index contributed by atoms with van der Waals surface area (Å²) in [4.78, 5) is 12.8. The summed E-state index contributed by atoms with van der Waals surface area (Å²) in [5.74, 6) is 1.92. The van der Waals surface area contributed by atoms with Gasteiger partial charge in [-0.15, -0.1) is 0 Å². The fourth-order valence-electron chi connectivity index (χ4n) is 3.61. The second-order valence-electron chi connectivity index (χ2n) is 7.26. The zero-order valence-corrected chi connectivity index (χ0v) is 16.6. The van der Waals surface area contributed by atoms with E-state index in [4.69, 9.17) is 9.47 Å². The van der Waals surface area contributed by atoms with E-state index in [0.29, 0.717) is 11.4 Å². The van der Waals surface area contributed by atoms with Gasteiger partial charge in [-0.25, -0.2) is 0 Å². The van der Waals surface area contributed by atoms with Crippen LogP contribution in [0, 0.1) is 0 Å². The molecule has 4 rings (SSSR count). The number of rotatable bonds is 6. The van der Waals surface area contributed by atoms with Crippen molar-refractivity contribution in [3.05, 3.63) is 83.9 Å². The lowest BCUT2D eigenvalue weighted by atomic mass is 9.91. The molecule has 0 heterocycles. The predicted molar refractivity (Wildman–Crippen MR) is 115 cm³/mol. The van der Waals surface area contributed by atoms with Crippen molar-refractivity contribution in [2.24, 2.45) is 0 Å². The number of anilines is 1. The Morgan fingerprint density at radius 1 is 0.862 bits per heavy atom. The van der Waals surface area contributed by atoms with E-state index in [1.54, 1.807) is 6.92 Å². The summed E-state index contributed by atoms with van der Waals surface area (Å²) in [6.45, 7) is 1.78. The molecule has 3 aromatic rings. The first-order valence-corrected chi connectivity index (χ1v) is 10.1. The number of hydrogen-bond donors (Lipinski definition) is 1. The fraction of sp³-hybridized carbons (Fsp3) is 0.240. The normalized spacial score (nSPS) is 13.8. The molecule has 0 saturated carbocycles. The number of aryl methyl sites for hydroxylation is 1. The molecule has 1 amide bonds. The lowest BCUT2D eigenvalue weighted by Gasteiger charge is -2.22. The van der Waals surface area contributed by atoms with Crippen LogP contribution in [-0.2, 0) is 17.6 Å². The standard InChI is InChI=1S/C25H25NO3/c1-18(28-23-17-9-11-19-10-5-6-14-21(19)23)25(27)26-22-15-7-8-16-24(22)29-20-12-3-2-4-13-20/h2-4,7-9,11-13,15-18H,5-6,10,14H2,1H3,(H,26,27)/t18-/m0/s1. The van der Waals surface area contributed by atoms with Gasteiger partial charge in [-0.2, -0.15) is 0 Å². The minimum absolute atomic E-state index is 0.206. The molecular weight excluding hydrogens is 362 g/mol. The van der Waals surface area contributed by atoms with E-state index >= 15 is 0 Å². The molecule has 0 radical (unpaired) electrons. The largest absolute Gasteiger partial charge is 0.481 e. The smallest absolute Gasteiger partial charge is 0.265 e. The molecular formula is C25H25NO3. The van der Waals surface area contributed by atoms with E-state index in [1.165, 1.54) is 17.5 Å². The Kier molecular flexibility index (Phi) is 5.80. The third kappa shape index (κ3) is 4.60. The number of fused-ring (bicyclic) bond motifs is 1. The van der Waals surface area contributed by atoms with Gasteiger partial charge in [0.25, 0.3) is 5.91 Å². The Bertz CT molecular complexity index is 984. The summed E-state index contributed by atoms with van der Waals surface area (Å²) in [5.41, 5.74) is 3.20. The molecule has 1 aliphatic rings. The van der Waals surface area contributed by atoms with Crippen molar-refractivity contribution in [3.63, 3.8) is 0 Å². The first kappa shape index (κ1) is 19.1. The van der Waals surface area contributed by atoms with Crippen molar-refractivity contribution in [3.8, 4) is 17.2 Å². The zero-order chi connectivity index (χ0) is 20.1. The highest BCUT2D eigenvalue weighted by atomic mass is 16.5. The van der Waals surface area contributed by atoms with Crippen molar-refractivity contribution in [1.29, 1.82) is 0 Å². The van der Waals surface area contributed by atoms with Crippen molar-refractivity contribution in [2.45, 2.75) is 38.7 Å². The minimum atomic E-state index is -0.617. The van der Waals surface area contributed by atoms with Crippen molar-refractivity contribution in [2.75, 3.05) is 5.32 Å². The topological polar surface area (TPSA) is 47.6 Å². The summed E-state index contributed by atoms with van der Waals surface area (Å²) >= 11 is 0. The SMILES string of the molecule is C[C@H](Oc1cccc2c1CCCC2)C(=O)Nc1ccccc1Oc1ccccc1. The van der Waals surface area contributed by atoms with Crippen LogP contribution >= 0.6 is 0 Å². The van der Waals surface area contributed by atoms with Crippen LogP contribution in [0.5, 0.6) is 17.2 Å². The van der Waals surface area contributed by atoms with E-state index < -0.39 is 6.10 Å². The van der Waals surface area contributed by atoms with E-state index in [0.717, 1.165) is 30.8 Å². The van der Waals surface area contributed by atoms with E-state index in [-0.39, 0.29) is 5.91 Å². The monoisotopic (exact) mass is 387 g/mol. The average molecular weight is 387 g/mol. The Balaban J connectivity index is 1.46. The van der Waals surface area contributed by atoms with Gasteiger partial charge in [-0.1, -0.05) is 42.5 Å². The van der Waals surface area contributed by atoms with Crippen LogP contribution in [0.2, 0.25) is 0 Å². The number of amides is 1. The van der Waals surface area contributed by atoms with Crippen LogP contribution in [0.15, 0.2) is 72.8 Å². The maximum Gasteiger partial charge on any atom is 0.265 e. The van der Waals surface area contributed by atoms with Crippen LogP contribution in [0.25, 0.3) is 0 Å². The van der Waals surface area contributed by atoms with Gasteiger partial charge < -0.3 is 14.8 Å². The van der Waals surface area contributed by atoms with Gasteiger partial charge >= 0.3 is 0 Å². The van der Waals surface area contributed by atoms with Crippen LogP contribution < -0.4 is 14.8 Å². The molecule has 1 aliphatic carbocycles. The molecule has 0 aliphatic heterocycles. The average Bonchev–Trinajstić information content (AvgIpc) is 2.76. The molecule has 4 nitrogen and oxygen atoms in total. The fourth-order valence-corrected chi connectivity index (χ4v) is 3.61. The Morgan fingerprint density at radius 2 is 1.59 bits per heavy atom. The maximum absolute atomic E-state index is 12.8. The van der Waals surface area contributed by atoms with Crippen LogP contribution in [0.3, 0.4) is 0 Å². The number of para-hydroxylation sites is 3. The minimum Gasteiger partial charge on any atom is -0.481 e. The second-order valence-corrected chi connectivity index (χ2v) is 7.26. The third-order valence-electron chi connectivity index (χ3n) is 5.14. The van der Waals surface area contributed by atoms with Crippen molar-refractivity contribution in [1.82, 2.24) is 0 Å². The van der Waals surface area contributed by atoms with Gasteiger partial charge in [0.1, 0.15) is 11.5 Å². The molecule has 0 fully saturated rings. The number of nitrogens with one attached hydrogen (secondary N) is 1. The van der Waals surface area contributed by atoms with Crippen LogP contribution in [0.1, 0.15) is 30.9 Å². The molecule has 0 aromatic heterocycles. The molecule has 3 aromatic carbocycles. The van der Waals surface area contributed by atoms with Crippen LogP contribution in [-0.4, -0.2) is 12.0 Å². The summed E-state index contributed by atoms with van der Waals surface area (Å²) in [6, 6.07) is 23.0. The highest BCUT2D eigenvalue weighted by Gasteiger charge is 2.20. The van der Waals surface area contributed by atoms with E-state index in [1.807, 2.05) is 66.7 Å². The van der Waals surface area contributed by atoms with Gasteiger partial charge in [0.2, 0.25) is 0 Å². The lowest BCUT2D eigenvalue weighted by Crippen LogP contribution is -2.30. The van der Waals surface area contributed by atoms with Gasteiger partial charge in [0.05, 0.1) is 5.69 Å². The van der Waals surface area contributed by atoms with Crippen molar-refractivity contribution < 1.29 is 14.3 Å². The number of carbonyl (C=O) groups excluding carboxylic acids is 1. The van der Waals surface area contributed by atoms with Gasteiger partial charge in [0, 0.05) is 0 Å². The molecule has 1 N–H and O–H groups in total. The predicted octanol–water partition coefficient (Wildman–Crippen LogP) is 5.76. The molecule has 0 saturated heterocycles. The van der Waals surface area contributed by atoms with E-state index in [2.05, 4.69) is 11.4 Å². The molecule has 1 atom stereocenters. The highest BCUT2D eigenvalue weighted by molar-refractivity contribution is 5.95. The molecule has 0 unspecified atom stereocenters. The lowest BCUT2D eigenvalue weighted by molar-refractivity contribution is -0.122. The summed E-state index contributed by atoms with van der Waals surface area (Å²) in [5, 5.41) is 2.94. The molecule has 4 heteroatoms. The molecule has 148 valence electrons. The molecule has 0 bridgehead atoms. The Labute approximate surface area is 171 Å². The molecule has 0 spiro atoms. The van der Waals surface area contributed by atoms with E-state index in [9.17, 15) is 4.79 Å². The van der Waals surface area contributed by atoms with Crippen molar-refractivity contribution >= 4 is 11.6 Å². The summed E-state index contributed by atoms with van der Waals surface area (Å²) in [7, 11) is 0. The number of hydrogen-bond acceptors (Lipinski definition) is 3. The number of ether oxygens (including phenoxy) is 2. The third-order valence-corrected chi connectivity index (χ3v) is 5.14. The quantitative estimate of drug-likeness (QED) is 0.585. The highest BCUT2D eigenvalue weighted by Crippen LogP contribution is 2.31. The Hall–Kier alpha value is -3.27. The van der Waals surface area contributed by atoms with Crippen LogP contribution in [0.4, 0.5) is 5.69 Å². The number of benzene rings is 3. The summed E-state index contributed by atoms with van der Waals surface area (Å²) < 4.78 is 12.0. The first-order valence-electron chi connectivity index (χ1n) is 10.1. The summed E-state index contributed by atoms with van der Waals surface area (Å²) in [6.07, 6.45) is 3.85. The van der Waals surface area contributed by atoms with Gasteiger partial charge in [-0.05, 0) is 74.1 Å². The maximum atomic E-state index is 12.8. The second kappa shape index (κ2) is 8.82. The molecule has 29 heavy (non-hydrogen) atoms. The van der Waals surface area contributed by atoms with Gasteiger partial charge in [-0.3, -0.25) is 4.79 Å².